The molecule has 0 aromatic carbocycles. The van der Waals surface area contributed by atoms with Crippen LogP contribution in [0.4, 0.5) is 0 Å². The summed E-state index contributed by atoms with van der Waals surface area (Å²) >= 11 is 0. The maximum atomic E-state index is 13.2. The zero-order valence-electron chi connectivity index (χ0n) is 16.0. The van der Waals surface area contributed by atoms with Crippen LogP contribution in [0.3, 0.4) is 0 Å². The molecule has 1 aliphatic carbocycles. The first-order chi connectivity index (χ1) is 12.7. The Labute approximate surface area is 156 Å². The Hall–Kier alpha value is -1.33. The first kappa shape index (κ1) is 18.1. The average Bonchev–Trinajstić information content (AvgIpc) is 3.32. The molecule has 1 saturated carbocycles. The number of nitrogens with zero attached hydrogens (tertiary/aromatic N) is 2. The van der Waals surface area contributed by atoms with E-state index in [9.17, 15) is 4.79 Å². The summed E-state index contributed by atoms with van der Waals surface area (Å²) in [6, 6.07) is 3.96. The number of likely N-dealkylation sites (tertiary alicyclic amines) is 2. The van der Waals surface area contributed by atoms with Crippen LogP contribution in [0, 0.1) is 11.3 Å². The highest BCUT2D eigenvalue weighted by Gasteiger charge is 2.47. The normalized spacial score (nSPS) is 31.0. The summed E-state index contributed by atoms with van der Waals surface area (Å²) in [5.74, 6) is 1.60. The highest BCUT2D eigenvalue weighted by Crippen LogP contribution is 2.46. The van der Waals surface area contributed by atoms with Crippen molar-refractivity contribution in [1.29, 1.82) is 0 Å². The topological polar surface area (TPSA) is 45.9 Å². The van der Waals surface area contributed by atoms with Gasteiger partial charge in [-0.2, -0.15) is 0 Å². The van der Waals surface area contributed by atoms with Crippen LogP contribution in [0.2, 0.25) is 0 Å². The molecule has 4 rings (SSSR count). The molecule has 3 aliphatic rings. The molecule has 144 valence electrons. The number of piperidine rings is 2. The third-order valence-electron chi connectivity index (χ3n) is 6.93. The van der Waals surface area contributed by atoms with Gasteiger partial charge in [0.1, 0.15) is 5.76 Å². The Bertz CT molecular complexity index is 594. The number of carbonyl (C=O) groups is 1. The summed E-state index contributed by atoms with van der Waals surface area (Å²) in [6.45, 7) is 4.67. The molecular formula is C21H32N2O3. The van der Waals surface area contributed by atoms with Crippen LogP contribution in [0.15, 0.2) is 22.8 Å². The van der Waals surface area contributed by atoms with Crippen LogP contribution >= 0.6 is 0 Å². The van der Waals surface area contributed by atoms with Crippen molar-refractivity contribution in [1.82, 2.24) is 9.80 Å². The van der Waals surface area contributed by atoms with Gasteiger partial charge in [-0.05, 0) is 63.7 Å². The largest absolute Gasteiger partial charge is 0.468 e. The van der Waals surface area contributed by atoms with E-state index in [4.69, 9.17) is 9.15 Å². The minimum Gasteiger partial charge on any atom is -0.468 e. The van der Waals surface area contributed by atoms with Crippen molar-refractivity contribution < 1.29 is 13.9 Å². The third kappa shape index (κ3) is 3.56. The zero-order chi connectivity index (χ0) is 18.0. The summed E-state index contributed by atoms with van der Waals surface area (Å²) in [6.07, 6.45) is 9.97. The van der Waals surface area contributed by atoms with Crippen LogP contribution in [-0.2, 0) is 16.1 Å². The van der Waals surface area contributed by atoms with E-state index in [2.05, 4.69) is 9.80 Å². The molecule has 1 aromatic rings. The van der Waals surface area contributed by atoms with Crippen LogP contribution in [-0.4, -0.2) is 55.1 Å². The van der Waals surface area contributed by atoms with Crippen LogP contribution in [0.25, 0.3) is 0 Å². The average molecular weight is 360 g/mol. The number of hydrogen-bond donors (Lipinski definition) is 0. The van der Waals surface area contributed by atoms with Gasteiger partial charge in [-0.15, -0.1) is 0 Å². The van der Waals surface area contributed by atoms with Crippen LogP contribution in [0.1, 0.15) is 50.7 Å². The molecule has 26 heavy (non-hydrogen) atoms. The fraction of sp³-hybridized carbons (Fsp3) is 0.762. The molecule has 5 heteroatoms. The summed E-state index contributed by atoms with van der Waals surface area (Å²) in [5.41, 5.74) is 0.225. The molecule has 3 fully saturated rings. The van der Waals surface area contributed by atoms with Gasteiger partial charge in [0.25, 0.3) is 0 Å². The fourth-order valence-electron chi connectivity index (χ4n) is 5.51. The van der Waals surface area contributed by atoms with Crippen molar-refractivity contribution in [3.63, 3.8) is 0 Å². The van der Waals surface area contributed by atoms with E-state index in [0.717, 1.165) is 64.2 Å². The first-order valence-electron chi connectivity index (χ1n) is 10.3. The van der Waals surface area contributed by atoms with Gasteiger partial charge in [0.05, 0.1) is 18.9 Å². The van der Waals surface area contributed by atoms with Gasteiger partial charge in [-0.25, -0.2) is 0 Å². The number of ether oxygens (including phenoxy) is 1. The summed E-state index contributed by atoms with van der Waals surface area (Å²) in [5, 5.41) is 0. The highest BCUT2D eigenvalue weighted by atomic mass is 16.5. The molecule has 2 aliphatic heterocycles. The van der Waals surface area contributed by atoms with Crippen LogP contribution in [0.5, 0.6) is 0 Å². The highest BCUT2D eigenvalue weighted by molar-refractivity contribution is 5.79. The van der Waals surface area contributed by atoms with Crippen molar-refractivity contribution in [3.05, 3.63) is 24.2 Å². The van der Waals surface area contributed by atoms with Gasteiger partial charge in [0.2, 0.25) is 5.91 Å². The maximum absolute atomic E-state index is 13.2. The molecule has 0 unspecified atom stereocenters. The lowest BCUT2D eigenvalue weighted by Crippen LogP contribution is -2.52. The van der Waals surface area contributed by atoms with Gasteiger partial charge in [-0.1, -0.05) is 6.42 Å². The standard InChI is InChI=1S/C21H32N2O3/c1-25-19-6-2-9-21(19)10-4-11-23(16-21)20(24)17-7-12-22(13-8-17)15-18-5-3-14-26-18/h3,5,14,17,19H,2,4,6-13,15-16H2,1H3/t19-,21+/m1/s1. The predicted molar refractivity (Wildman–Crippen MR) is 99.6 cm³/mol. The van der Waals surface area contributed by atoms with E-state index in [1.54, 1.807) is 6.26 Å². The first-order valence-corrected chi connectivity index (χ1v) is 10.3. The number of carbonyl (C=O) groups excluding carboxylic acids is 1. The number of furan rings is 1. The van der Waals surface area contributed by atoms with Crippen LogP contribution < -0.4 is 0 Å². The molecule has 1 spiro atoms. The van der Waals surface area contributed by atoms with E-state index in [0.29, 0.717) is 12.0 Å². The summed E-state index contributed by atoms with van der Waals surface area (Å²) < 4.78 is 11.2. The second-order valence-electron chi connectivity index (χ2n) is 8.47. The summed E-state index contributed by atoms with van der Waals surface area (Å²) in [4.78, 5) is 17.7. The Morgan fingerprint density at radius 1 is 1.23 bits per heavy atom. The molecule has 0 N–H and O–H groups in total. The third-order valence-corrected chi connectivity index (χ3v) is 6.93. The number of methoxy groups -OCH3 is 1. The van der Waals surface area contributed by atoms with Crippen molar-refractivity contribution in [2.45, 2.75) is 57.6 Å². The minimum absolute atomic E-state index is 0.195. The lowest BCUT2D eigenvalue weighted by molar-refractivity contribution is -0.143. The van der Waals surface area contributed by atoms with E-state index in [-0.39, 0.29) is 11.3 Å². The molecule has 3 heterocycles. The minimum atomic E-state index is 0.195. The van der Waals surface area contributed by atoms with E-state index in [1.165, 1.54) is 19.3 Å². The molecule has 5 nitrogen and oxygen atoms in total. The zero-order valence-corrected chi connectivity index (χ0v) is 16.0. The quantitative estimate of drug-likeness (QED) is 0.826. The van der Waals surface area contributed by atoms with Gasteiger partial charge in [0, 0.05) is 31.5 Å². The molecule has 0 radical (unpaired) electrons. The molecule has 1 aromatic heterocycles. The molecule has 1 amide bonds. The van der Waals surface area contributed by atoms with E-state index < -0.39 is 0 Å². The maximum Gasteiger partial charge on any atom is 0.225 e. The Balaban J connectivity index is 1.32. The Morgan fingerprint density at radius 2 is 2.04 bits per heavy atom. The van der Waals surface area contributed by atoms with Crippen molar-refractivity contribution in [2.75, 3.05) is 33.3 Å². The van der Waals surface area contributed by atoms with Gasteiger partial charge >= 0.3 is 0 Å². The lowest BCUT2D eigenvalue weighted by Gasteiger charge is -2.45. The second kappa shape index (κ2) is 7.73. The Morgan fingerprint density at radius 3 is 2.77 bits per heavy atom. The number of amides is 1. The van der Waals surface area contributed by atoms with Crippen molar-refractivity contribution in [3.8, 4) is 0 Å². The van der Waals surface area contributed by atoms with E-state index >= 15 is 0 Å². The monoisotopic (exact) mass is 360 g/mol. The predicted octanol–water partition coefficient (Wildman–Crippen LogP) is 3.30. The fourth-order valence-corrected chi connectivity index (χ4v) is 5.51. The van der Waals surface area contributed by atoms with Crippen molar-refractivity contribution >= 4 is 5.91 Å². The smallest absolute Gasteiger partial charge is 0.225 e. The molecular weight excluding hydrogens is 328 g/mol. The molecule has 2 atom stereocenters. The number of hydrogen-bond acceptors (Lipinski definition) is 4. The molecule has 2 saturated heterocycles. The Kier molecular flexibility index (Phi) is 5.37. The number of rotatable bonds is 4. The van der Waals surface area contributed by atoms with Gasteiger partial charge < -0.3 is 14.1 Å². The molecule has 0 bridgehead atoms. The van der Waals surface area contributed by atoms with Gasteiger partial charge in [0.15, 0.2) is 0 Å². The summed E-state index contributed by atoms with van der Waals surface area (Å²) in [7, 11) is 1.84. The lowest BCUT2D eigenvalue weighted by atomic mass is 9.76. The van der Waals surface area contributed by atoms with Crippen molar-refractivity contribution in [2.24, 2.45) is 11.3 Å². The second-order valence-corrected chi connectivity index (χ2v) is 8.47. The van der Waals surface area contributed by atoms with E-state index in [1.807, 2.05) is 19.2 Å². The SMILES string of the molecule is CO[C@@H]1CCC[C@@]12CCCN(C(=O)C1CCN(Cc3ccco3)CC1)C2. The van der Waals surface area contributed by atoms with Gasteiger partial charge in [-0.3, -0.25) is 9.69 Å².